The summed E-state index contributed by atoms with van der Waals surface area (Å²) in [6.07, 6.45) is 1.79. The van der Waals surface area contributed by atoms with E-state index in [1.54, 1.807) is 19.9 Å². The molecule has 0 spiro atoms. The number of sulfonamides is 1. The lowest BCUT2D eigenvalue weighted by Crippen LogP contribution is -2.09. The first-order valence-corrected chi connectivity index (χ1v) is 8.02. The molecule has 0 atom stereocenters. The van der Waals surface area contributed by atoms with E-state index in [9.17, 15) is 13.2 Å². The lowest BCUT2D eigenvalue weighted by Gasteiger charge is -2.13. The number of aromatic nitrogens is 2. The molecule has 0 aliphatic rings. The van der Waals surface area contributed by atoms with Gasteiger partial charge in [0.15, 0.2) is 0 Å². The van der Waals surface area contributed by atoms with E-state index in [1.165, 1.54) is 30.5 Å². The van der Waals surface area contributed by atoms with E-state index in [2.05, 4.69) is 20.0 Å². The van der Waals surface area contributed by atoms with Gasteiger partial charge >= 0.3 is 0 Å². The highest BCUT2D eigenvalue weighted by molar-refractivity contribution is 7.94. The number of anilines is 1. The van der Waals surface area contributed by atoms with Crippen molar-refractivity contribution >= 4 is 27.6 Å². The molecule has 8 heteroatoms. The van der Waals surface area contributed by atoms with Gasteiger partial charge in [0.2, 0.25) is 15.9 Å². The number of benzene rings is 1. The van der Waals surface area contributed by atoms with Crippen LogP contribution in [0.15, 0.2) is 41.4 Å². The number of rotatable bonds is 5. The molecule has 2 rings (SSSR count). The van der Waals surface area contributed by atoms with Crippen molar-refractivity contribution in [1.29, 1.82) is 0 Å². The molecule has 116 valence electrons. The molecule has 0 fully saturated rings. The molecule has 22 heavy (non-hydrogen) atoms. The van der Waals surface area contributed by atoms with Crippen LogP contribution in [0, 0.1) is 6.92 Å². The highest BCUT2D eigenvalue weighted by Gasteiger charge is 2.12. The van der Waals surface area contributed by atoms with E-state index in [4.69, 9.17) is 0 Å². The average molecular weight is 319 g/mol. The molecule has 1 N–H and O–H groups in total. The molecular weight excluding hydrogens is 304 g/mol. The van der Waals surface area contributed by atoms with Crippen molar-refractivity contribution in [2.75, 3.05) is 5.32 Å². The van der Waals surface area contributed by atoms with E-state index in [1.807, 2.05) is 0 Å². The Morgan fingerprint density at radius 3 is 2.50 bits per heavy atom. The minimum absolute atomic E-state index is 0.00658. The van der Waals surface area contributed by atoms with Gasteiger partial charge in [0, 0.05) is 18.1 Å². The maximum Gasteiger partial charge on any atom is 0.229 e. The maximum atomic E-state index is 12.2. The zero-order valence-corrected chi connectivity index (χ0v) is 13.0. The normalized spacial score (nSPS) is 11.0. The second-order valence-corrected chi connectivity index (χ2v) is 6.09. The molecule has 7 nitrogen and oxygen atoms in total. The number of hydrogen-bond donors (Lipinski definition) is 1. The van der Waals surface area contributed by atoms with Crippen molar-refractivity contribution in [3.05, 3.63) is 46.9 Å². The second-order valence-electron chi connectivity index (χ2n) is 4.49. The molecule has 0 radical (unpaired) electrons. The van der Waals surface area contributed by atoms with E-state index in [-0.39, 0.29) is 16.8 Å². The predicted molar refractivity (Wildman–Crippen MR) is 82.3 cm³/mol. The molecule has 1 amide bonds. The van der Waals surface area contributed by atoms with E-state index >= 15 is 0 Å². The molecular formula is C14H15N4O3S-. The third-order valence-electron chi connectivity index (χ3n) is 2.74. The Kier molecular flexibility index (Phi) is 4.71. The van der Waals surface area contributed by atoms with Crippen molar-refractivity contribution in [3.63, 3.8) is 0 Å². The van der Waals surface area contributed by atoms with E-state index in [0.717, 1.165) is 0 Å². The molecule has 1 heterocycles. The van der Waals surface area contributed by atoms with E-state index < -0.39 is 10.0 Å². The summed E-state index contributed by atoms with van der Waals surface area (Å²) < 4.78 is 27.9. The van der Waals surface area contributed by atoms with Gasteiger partial charge in [-0.15, -0.1) is 0 Å². The van der Waals surface area contributed by atoms with Crippen LogP contribution in [0.25, 0.3) is 4.72 Å². The Bertz CT molecular complexity index is 773. The van der Waals surface area contributed by atoms with Crippen LogP contribution in [0.4, 0.5) is 11.6 Å². The largest absolute Gasteiger partial charge is 0.366 e. The molecule has 1 aromatic heterocycles. The Hall–Kier alpha value is -2.48. The van der Waals surface area contributed by atoms with Crippen molar-refractivity contribution in [1.82, 2.24) is 9.97 Å². The third-order valence-corrected chi connectivity index (χ3v) is 4.01. The second kappa shape index (κ2) is 6.52. The van der Waals surface area contributed by atoms with Crippen LogP contribution in [0.2, 0.25) is 0 Å². The van der Waals surface area contributed by atoms with Crippen LogP contribution in [-0.4, -0.2) is 24.3 Å². The van der Waals surface area contributed by atoms with Crippen LogP contribution in [0.3, 0.4) is 0 Å². The first kappa shape index (κ1) is 15.9. The molecule has 0 bridgehead atoms. The van der Waals surface area contributed by atoms with Crippen LogP contribution < -0.4 is 5.32 Å². The SMILES string of the molecule is CCC(=O)Nc1ccc(S(=O)(=O)[N-]c2nccc(C)n2)cc1. The van der Waals surface area contributed by atoms with Crippen molar-refractivity contribution < 1.29 is 13.2 Å². The summed E-state index contributed by atoms with van der Waals surface area (Å²) in [6, 6.07) is 7.41. The summed E-state index contributed by atoms with van der Waals surface area (Å²) in [7, 11) is -3.89. The fourth-order valence-electron chi connectivity index (χ4n) is 1.60. The summed E-state index contributed by atoms with van der Waals surface area (Å²) in [4.78, 5) is 19.0. The molecule has 0 saturated heterocycles. The van der Waals surface area contributed by atoms with Crippen LogP contribution in [0.5, 0.6) is 0 Å². The zero-order valence-electron chi connectivity index (χ0n) is 12.1. The Morgan fingerprint density at radius 2 is 1.91 bits per heavy atom. The number of carbonyl (C=O) groups excluding carboxylic acids is 1. The lowest BCUT2D eigenvalue weighted by atomic mass is 10.3. The van der Waals surface area contributed by atoms with Crippen molar-refractivity contribution in [2.24, 2.45) is 0 Å². The number of nitrogens with one attached hydrogen (secondary N) is 1. The fourth-order valence-corrected chi connectivity index (χ4v) is 2.49. The van der Waals surface area contributed by atoms with Crippen molar-refractivity contribution in [2.45, 2.75) is 25.2 Å². The molecule has 1 aromatic carbocycles. The summed E-state index contributed by atoms with van der Waals surface area (Å²) in [5.41, 5.74) is 1.15. The first-order valence-electron chi connectivity index (χ1n) is 6.58. The highest BCUT2D eigenvalue weighted by atomic mass is 32.2. The number of nitrogens with zero attached hydrogens (tertiary/aromatic N) is 3. The number of amides is 1. The van der Waals surface area contributed by atoms with Gasteiger partial charge < -0.3 is 15.3 Å². The fraction of sp³-hybridized carbons (Fsp3) is 0.214. The van der Waals surface area contributed by atoms with Gasteiger partial charge in [-0.05, 0) is 43.1 Å². The number of hydrogen-bond acceptors (Lipinski definition) is 5. The predicted octanol–water partition coefficient (Wildman–Crippen LogP) is 2.53. The molecule has 0 aliphatic carbocycles. The molecule has 0 unspecified atom stereocenters. The minimum atomic E-state index is -3.89. The maximum absolute atomic E-state index is 12.2. The lowest BCUT2D eigenvalue weighted by molar-refractivity contribution is -0.115. The van der Waals surface area contributed by atoms with Gasteiger partial charge in [-0.2, -0.15) is 0 Å². The topological polar surface area (TPSA) is 103 Å². The monoisotopic (exact) mass is 319 g/mol. The van der Waals surface area contributed by atoms with E-state index in [0.29, 0.717) is 17.8 Å². The minimum Gasteiger partial charge on any atom is -0.366 e. The summed E-state index contributed by atoms with van der Waals surface area (Å²) in [6.45, 7) is 3.45. The van der Waals surface area contributed by atoms with Crippen LogP contribution in [0.1, 0.15) is 19.0 Å². The van der Waals surface area contributed by atoms with Crippen LogP contribution in [-0.2, 0) is 14.8 Å². The Labute approximate surface area is 128 Å². The molecule has 2 aromatic rings. The first-order chi connectivity index (χ1) is 10.4. The molecule has 0 aliphatic heterocycles. The number of aryl methyl sites for hydroxylation is 1. The number of carbonyl (C=O) groups is 1. The van der Waals surface area contributed by atoms with Gasteiger partial charge in [0.1, 0.15) is 0 Å². The van der Waals surface area contributed by atoms with Gasteiger partial charge in [0.05, 0.1) is 4.90 Å². The Balaban J connectivity index is 2.17. The van der Waals surface area contributed by atoms with Crippen molar-refractivity contribution in [3.8, 4) is 0 Å². The van der Waals surface area contributed by atoms with Crippen LogP contribution >= 0.6 is 0 Å². The van der Waals surface area contributed by atoms with Gasteiger partial charge in [0.25, 0.3) is 0 Å². The quantitative estimate of drug-likeness (QED) is 0.912. The van der Waals surface area contributed by atoms with Gasteiger partial charge in [-0.25, -0.2) is 8.42 Å². The standard InChI is InChI=1S/C14H16N4O3S/c1-3-13(19)17-11-4-6-12(7-5-11)22(20,21)18-14-15-9-8-10(2)16-14/h4-9H,3H2,1-2H3,(H2,15,16,17,18,19)/p-1. The molecule has 0 saturated carbocycles. The highest BCUT2D eigenvalue weighted by Crippen LogP contribution is 2.25. The van der Waals surface area contributed by atoms with Gasteiger partial charge in [-0.3, -0.25) is 9.52 Å². The smallest absolute Gasteiger partial charge is 0.229 e. The third kappa shape index (κ3) is 4.01. The summed E-state index contributed by atoms with van der Waals surface area (Å²) in [5, 5.41) is 2.64. The zero-order chi connectivity index (χ0) is 16.2. The average Bonchev–Trinajstić information content (AvgIpc) is 2.47. The summed E-state index contributed by atoms with van der Waals surface area (Å²) >= 11 is 0. The Morgan fingerprint density at radius 1 is 1.23 bits per heavy atom. The summed E-state index contributed by atoms with van der Waals surface area (Å²) in [5.74, 6) is -0.253. The van der Waals surface area contributed by atoms with Gasteiger partial charge in [-0.1, -0.05) is 13.0 Å².